The summed E-state index contributed by atoms with van der Waals surface area (Å²) in [5, 5.41) is 0. The Kier molecular flexibility index (Phi) is 3.28. The van der Waals surface area contributed by atoms with E-state index in [0.717, 1.165) is 17.1 Å². The van der Waals surface area contributed by atoms with Crippen LogP contribution >= 0.6 is 0 Å². The standard InChI is InChI=1S/C11H18OSi/c1-11(2,3)10-7-5-4-6-9(10)8-12-13/h4-7H,8H2,1-3,13H3. The monoisotopic (exact) mass is 194 g/mol. The van der Waals surface area contributed by atoms with Gasteiger partial charge in [-0.1, -0.05) is 45.0 Å². The summed E-state index contributed by atoms with van der Waals surface area (Å²) in [5.41, 5.74) is 2.94. The highest BCUT2D eigenvalue weighted by molar-refractivity contribution is 5.97. The Hall–Kier alpha value is -0.603. The molecule has 72 valence electrons. The lowest BCUT2D eigenvalue weighted by Crippen LogP contribution is -2.14. The van der Waals surface area contributed by atoms with Gasteiger partial charge in [0.2, 0.25) is 0 Å². The van der Waals surface area contributed by atoms with Crippen LogP contribution in [0.5, 0.6) is 0 Å². The first-order valence-corrected chi connectivity index (χ1v) is 5.44. The largest absolute Gasteiger partial charge is 0.424 e. The Morgan fingerprint density at radius 3 is 2.38 bits per heavy atom. The maximum atomic E-state index is 5.30. The zero-order chi connectivity index (χ0) is 9.90. The SMILES string of the molecule is CC(C)(C)c1ccccc1CO[SiH3]. The van der Waals surface area contributed by atoms with Crippen molar-refractivity contribution in [2.75, 3.05) is 0 Å². The van der Waals surface area contributed by atoms with E-state index in [0.29, 0.717) is 0 Å². The lowest BCUT2D eigenvalue weighted by atomic mass is 9.84. The van der Waals surface area contributed by atoms with Crippen LogP contribution in [0.25, 0.3) is 0 Å². The molecule has 2 heteroatoms. The quantitative estimate of drug-likeness (QED) is 0.652. The van der Waals surface area contributed by atoms with E-state index in [-0.39, 0.29) is 5.41 Å². The molecule has 0 fully saturated rings. The molecule has 1 nitrogen and oxygen atoms in total. The molecule has 1 aromatic rings. The van der Waals surface area contributed by atoms with E-state index in [1.807, 2.05) is 0 Å². The van der Waals surface area contributed by atoms with Gasteiger partial charge in [0.1, 0.15) is 10.5 Å². The zero-order valence-corrected chi connectivity index (χ0v) is 10.9. The molecule has 13 heavy (non-hydrogen) atoms. The second-order valence-electron chi connectivity index (χ2n) is 4.34. The maximum Gasteiger partial charge on any atom is 0.146 e. The normalized spacial score (nSPS) is 11.9. The second kappa shape index (κ2) is 4.07. The van der Waals surface area contributed by atoms with E-state index in [4.69, 9.17) is 4.43 Å². The van der Waals surface area contributed by atoms with Crippen molar-refractivity contribution in [3.63, 3.8) is 0 Å². The third-order valence-corrected chi connectivity index (χ3v) is 2.41. The van der Waals surface area contributed by atoms with Gasteiger partial charge in [0, 0.05) is 0 Å². The molecule has 0 unspecified atom stereocenters. The minimum absolute atomic E-state index is 0.219. The average Bonchev–Trinajstić information content (AvgIpc) is 2.04. The van der Waals surface area contributed by atoms with Crippen molar-refractivity contribution in [3.05, 3.63) is 35.4 Å². The minimum Gasteiger partial charge on any atom is -0.424 e. The fourth-order valence-electron chi connectivity index (χ4n) is 1.53. The molecule has 0 aromatic heterocycles. The van der Waals surface area contributed by atoms with Crippen LogP contribution in [0, 0.1) is 0 Å². The summed E-state index contributed by atoms with van der Waals surface area (Å²) in [7, 11) is 0.809. The van der Waals surface area contributed by atoms with Gasteiger partial charge in [0.15, 0.2) is 0 Å². The number of hydrogen-bond acceptors (Lipinski definition) is 1. The van der Waals surface area contributed by atoms with Gasteiger partial charge >= 0.3 is 0 Å². The van der Waals surface area contributed by atoms with Crippen molar-refractivity contribution in [2.24, 2.45) is 0 Å². The van der Waals surface area contributed by atoms with Crippen LogP contribution in [-0.4, -0.2) is 10.5 Å². The molecule has 0 saturated heterocycles. The second-order valence-corrected chi connectivity index (χ2v) is 4.92. The summed E-state index contributed by atoms with van der Waals surface area (Å²) in [6, 6.07) is 8.51. The highest BCUT2D eigenvalue weighted by Crippen LogP contribution is 2.25. The van der Waals surface area contributed by atoms with Crippen LogP contribution in [0.3, 0.4) is 0 Å². The van der Waals surface area contributed by atoms with Gasteiger partial charge in [-0.2, -0.15) is 0 Å². The third kappa shape index (κ3) is 2.67. The van der Waals surface area contributed by atoms with E-state index < -0.39 is 0 Å². The number of hydrogen-bond donors (Lipinski definition) is 0. The van der Waals surface area contributed by atoms with Gasteiger partial charge in [-0.05, 0) is 16.5 Å². The molecular weight excluding hydrogens is 176 g/mol. The van der Waals surface area contributed by atoms with Gasteiger partial charge in [-0.25, -0.2) is 0 Å². The first kappa shape index (κ1) is 10.5. The first-order chi connectivity index (χ1) is 6.05. The van der Waals surface area contributed by atoms with Gasteiger partial charge in [-0.3, -0.25) is 0 Å². The molecule has 0 aliphatic carbocycles. The number of rotatable bonds is 2. The third-order valence-electron chi connectivity index (χ3n) is 2.13. The Labute approximate surface area is 83.7 Å². The molecule has 0 saturated carbocycles. The van der Waals surface area contributed by atoms with Crippen molar-refractivity contribution < 1.29 is 4.43 Å². The Bertz CT molecular complexity index is 276. The van der Waals surface area contributed by atoms with E-state index >= 15 is 0 Å². The van der Waals surface area contributed by atoms with Crippen molar-refractivity contribution in [1.29, 1.82) is 0 Å². The summed E-state index contributed by atoms with van der Waals surface area (Å²) in [6.45, 7) is 7.47. The average molecular weight is 194 g/mol. The van der Waals surface area contributed by atoms with Crippen LogP contribution in [0.1, 0.15) is 31.9 Å². The van der Waals surface area contributed by atoms with Crippen molar-refractivity contribution in [1.82, 2.24) is 0 Å². The lowest BCUT2D eigenvalue weighted by Gasteiger charge is -2.22. The predicted octanol–water partition coefficient (Wildman–Crippen LogP) is 1.78. The van der Waals surface area contributed by atoms with E-state index in [9.17, 15) is 0 Å². The summed E-state index contributed by atoms with van der Waals surface area (Å²) >= 11 is 0. The summed E-state index contributed by atoms with van der Waals surface area (Å²) in [4.78, 5) is 0. The van der Waals surface area contributed by atoms with E-state index in [1.165, 1.54) is 11.1 Å². The molecule has 1 rings (SSSR count). The smallest absolute Gasteiger partial charge is 0.146 e. The highest BCUT2D eigenvalue weighted by Gasteiger charge is 2.16. The molecule has 0 bridgehead atoms. The molecular formula is C11H18OSi. The van der Waals surface area contributed by atoms with Gasteiger partial charge in [0.05, 0.1) is 6.61 Å². The molecule has 0 amide bonds. The zero-order valence-electron chi connectivity index (χ0n) is 8.92. The van der Waals surface area contributed by atoms with Crippen molar-refractivity contribution >= 4 is 10.5 Å². The molecule has 0 aliphatic rings. The Balaban J connectivity index is 3.05. The van der Waals surface area contributed by atoms with E-state index in [1.54, 1.807) is 0 Å². The van der Waals surface area contributed by atoms with Gasteiger partial charge < -0.3 is 4.43 Å². The molecule has 0 atom stereocenters. The summed E-state index contributed by atoms with van der Waals surface area (Å²) in [5.74, 6) is 0. The van der Waals surface area contributed by atoms with Gasteiger partial charge in [0.25, 0.3) is 0 Å². The highest BCUT2D eigenvalue weighted by atomic mass is 28.2. The fourth-order valence-corrected chi connectivity index (χ4v) is 1.84. The summed E-state index contributed by atoms with van der Waals surface area (Å²) in [6.07, 6.45) is 0. The molecule has 0 heterocycles. The molecule has 0 aliphatic heterocycles. The predicted molar refractivity (Wildman–Crippen MR) is 59.9 cm³/mol. The molecule has 0 radical (unpaired) electrons. The fraction of sp³-hybridized carbons (Fsp3) is 0.455. The van der Waals surface area contributed by atoms with Gasteiger partial charge in [-0.15, -0.1) is 0 Å². The Morgan fingerprint density at radius 1 is 1.23 bits per heavy atom. The van der Waals surface area contributed by atoms with Crippen LogP contribution in [-0.2, 0) is 16.4 Å². The number of benzene rings is 1. The van der Waals surface area contributed by atoms with Crippen LogP contribution < -0.4 is 0 Å². The minimum atomic E-state index is 0.219. The summed E-state index contributed by atoms with van der Waals surface area (Å²) < 4.78 is 5.30. The van der Waals surface area contributed by atoms with Crippen molar-refractivity contribution in [3.8, 4) is 0 Å². The lowest BCUT2D eigenvalue weighted by molar-refractivity contribution is 0.334. The van der Waals surface area contributed by atoms with Crippen molar-refractivity contribution in [2.45, 2.75) is 32.8 Å². The van der Waals surface area contributed by atoms with E-state index in [2.05, 4.69) is 45.0 Å². The van der Waals surface area contributed by atoms with Crippen LogP contribution in [0.4, 0.5) is 0 Å². The Morgan fingerprint density at radius 2 is 1.85 bits per heavy atom. The maximum absolute atomic E-state index is 5.30. The van der Waals surface area contributed by atoms with Crippen LogP contribution in [0.15, 0.2) is 24.3 Å². The topological polar surface area (TPSA) is 9.23 Å². The molecule has 0 spiro atoms. The molecule has 0 N–H and O–H groups in total. The first-order valence-electron chi connectivity index (χ1n) is 4.63. The molecule has 1 aromatic carbocycles. The van der Waals surface area contributed by atoms with Crippen LogP contribution in [0.2, 0.25) is 0 Å².